The fourth-order valence-electron chi connectivity index (χ4n) is 6.95. The molecule has 11 nitrogen and oxygen atoms in total. The lowest BCUT2D eigenvalue weighted by molar-refractivity contribution is -0.0592. The Morgan fingerprint density at radius 1 is 1.20 bits per heavy atom. The lowest BCUT2D eigenvalue weighted by atomic mass is 9.91. The number of carboxylic acid groups (broad SMARTS) is 1. The third kappa shape index (κ3) is 5.48. The van der Waals surface area contributed by atoms with Crippen molar-refractivity contribution in [1.29, 1.82) is 5.26 Å². The topological polar surface area (TPSA) is 140 Å². The van der Waals surface area contributed by atoms with Crippen LogP contribution in [0.2, 0.25) is 0 Å². The second kappa shape index (κ2) is 11.9. The van der Waals surface area contributed by atoms with Crippen LogP contribution < -0.4 is 9.47 Å². The van der Waals surface area contributed by atoms with Gasteiger partial charge in [-0.1, -0.05) is 12.1 Å². The van der Waals surface area contributed by atoms with Gasteiger partial charge in [-0.25, -0.2) is 14.8 Å². The molecule has 0 bridgehead atoms. The van der Waals surface area contributed by atoms with Crippen molar-refractivity contribution in [2.24, 2.45) is 5.92 Å². The molecule has 3 fully saturated rings. The number of fused-ring (bicyclic) bond motifs is 2. The molecule has 2 aliphatic heterocycles. The molecule has 1 saturated carbocycles. The molecule has 3 atom stereocenters. The highest BCUT2D eigenvalue weighted by Crippen LogP contribution is 2.59. The van der Waals surface area contributed by atoms with Gasteiger partial charge in [0.2, 0.25) is 5.88 Å². The second-order valence-electron chi connectivity index (χ2n) is 12.5. The van der Waals surface area contributed by atoms with Crippen LogP contribution in [-0.2, 0) is 29.8 Å². The number of aromatic nitrogens is 3. The number of hydrogen-bond donors (Lipinski definition) is 1. The molecule has 4 aromatic rings. The molecule has 0 spiro atoms. The summed E-state index contributed by atoms with van der Waals surface area (Å²) in [6, 6.07) is 16.4. The number of benzene rings is 2. The lowest BCUT2D eigenvalue weighted by Crippen LogP contribution is -2.37. The monoisotopic (exact) mass is 621 g/mol. The van der Waals surface area contributed by atoms with Crippen molar-refractivity contribution in [1.82, 2.24) is 19.4 Å². The van der Waals surface area contributed by atoms with Gasteiger partial charge in [-0.2, -0.15) is 5.26 Å². The van der Waals surface area contributed by atoms with Crippen molar-refractivity contribution in [2.75, 3.05) is 26.8 Å². The Hall–Kier alpha value is -4.79. The number of carboxylic acids is 1. The number of carbonyl (C=O) groups is 2. The van der Waals surface area contributed by atoms with E-state index >= 15 is 0 Å². The van der Waals surface area contributed by atoms with Crippen molar-refractivity contribution in [3.8, 4) is 17.7 Å². The smallest absolute Gasteiger partial charge is 0.335 e. The molecule has 3 aliphatic rings. The first-order valence-electron chi connectivity index (χ1n) is 15.6. The quantitative estimate of drug-likeness (QED) is 0.234. The summed E-state index contributed by atoms with van der Waals surface area (Å²) in [4.78, 5) is 36.7. The highest BCUT2D eigenvalue weighted by atomic mass is 16.5. The van der Waals surface area contributed by atoms with Gasteiger partial charge in [-0.15, -0.1) is 0 Å². The van der Waals surface area contributed by atoms with Crippen molar-refractivity contribution in [3.63, 3.8) is 0 Å². The molecule has 1 N–H and O–H groups in total. The summed E-state index contributed by atoms with van der Waals surface area (Å²) in [6.07, 6.45) is 2.97. The van der Waals surface area contributed by atoms with Crippen LogP contribution in [0.5, 0.6) is 11.6 Å². The van der Waals surface area contributed by atoms with Crippen molar-refractivity contribution >= 4 is 22.8 Å². The van der Waals surface area contributed by atoms with E-state index in [2.05, 4.69) is 21.6 Å². The number of piperidine rings is 1. The molecule has 236 valence electrons. The zero-order valence-electron chi connectivity index (χ0n) is 25.9. The van der Waals surface area contributed by atoms with Crippen LogP contribution >= 0.6 is 0 Å². The minimum absolute atomic E-state index is 0.0140. The van der Waals surface area contributed by atoms with E-state index in [9.17, 15) is 20.0 Å². The minimum Gasteiger partial charge on any atom is -0.496 e. The van der Waals surface area contributed by atoms with Crippen molar-refractivity contribution in [2.45, 2.75) is 57.4 Å². The Labute approximate surface area is 266 Å². The molecular formula is C35H35N5O6. The number of hydrogen-bond acceptors (Lipinski definition) is 9. The molecule has 2 aromatic carbocycles. The van der Waals surface area contributed by atoms with Crippen molar-refractivity contribution in [3.05, 3.63) is 82.3 Å². The first-order chi connectivity index (χ1) is 22.3. The number of ether oxygens (including phenoxy) is 3. The van der Waals surface area contributed by atoms with Gasteiger partial charge < -0.3 is 23.9 Å². The van der Waals surface area contributed by atoms with E-state index in [4.69, 9.17) is 24.2 Å². The molecule has 0 amide bonds. The number of carbonyl (C=O) groups excluding carboxylic acids is 1. The summed E-state index contributed by atoms with van der Waals surface area (Å²) in [6.45, 7) is 5.35. The molecule has 2 saturated heterocycles. The number of methoxy groups -OCH3 is 1. The van der Waals surface area contributed by atoms with E-state index in [1.807, 2.05) is 18.2 Å². The Morgan fingerprint density at radius 2 is 2.04 bits per heavy atom. The van der Waals surface area contributed by atoms with E-state index in [-0.39, 0.29) is 29.5 Å². The summed E-state index contributed by atoms with van der Waals surface area (Å²) in [5.74, 6) is 1.14. The first kappa shape index (κ1) is 29.9. The number of aromatic carboxylic acids is 1. The van der Waals surface area contributed by atoms with E-state index in [0.717, 1.165) is 49.4 Å². The van der Waals surface area contributed by atoms with E-state index in [0.29, 0.717) is 59.4 Å². The van der Waals surface area contributed by atoms with Gasteiger partial charge in [0.1, 0.15) is 18.2 Å². The molecule has 2 unspecified atom stereocenters. The fraction of sp³-hybridized carbons (Fsp3) is 0.400. The van der Waals surface area contributed by atoms with Crippen LogP contribution in [0.15, 0.2) is 48.5 Å². The molecule has 7 rings (SSSR count). The van der Waals surface area contributed by atoms with E-state index in [1.165, 1.54) is 13.0 Å². The van der Waals surface area contributed by atoms with Gasteiger partial charge in [0.25, 0.3) is 0 Å². The van der Waals surface area contributed by atoms with Crippen LogP contribution in [-0.4, -0.2) is 69.2 Å². The predicted octanol–water partition coefficient (Wildman–Crippen LogP) is 4.74. The Balaban J connectivity index is 1.07. The van der Waals surface area contributed by atoms with Gasteiger partial charge in [0, 0.05) is 35.8 Å². The number of rotatable bonds is 11. The number of nitrogens with zero attached hydrogens (tertiary/aromatic N) is 5. The Morgan fingerprint density at radius 3 is 2.74 bits per heavy atom. The van der Waals surface area contributed by atoms with Crippen LogP contribution in [0.1, 0.15) is 69.5 Å². The number of ketones is 1. The number of pyridine rings is 1. The van der Waals surface area contributed by atoms with Crippen molar-refractivity contribution < 1.29 is 28.9 Å². The highest BCUT2D eigenvalue weighted by Gasteiger charge is 2.58. The molecule has 11 heteroatoms. The molecule has 0 radical (unpaired) electrons. The van der Waals surface area contributed by atoms with Gasteiger partial charge in [-0.05, 0) is 69.0 Å². The lowest BCUT2D eigenvalue weighted by Gasteiger charge is -2.32. The van der Waals surface area contributed by atoms with Gasteiger partial charge >= 0.3 is 5.97 Å². The standard InChI is InChI=1S/C35H35N5O6/c1-21(41)27-13-24(34(42)43)14-28-33(27)38-31(40(28)18-26-8-11-45-26)19-39-10-9-35(15-25(35)17-39)30-4-3-5-32(37-30)46-20-23-7-6-22(16-36)12-29(23)44-2/h3-7,12-14,25-26H,8-11,15,17-20H2,1-2H3,(H,42,43)/t25?,26-,35?/m0/s1. The first-order valence-corrected chi connectivity index (χ1v) is 15.6. The molecule has 46 heavy (non-hydrogen) atoms. The van der Waals surface area contributed by atoms with Gasteiger partial charge in [0.15, 0.2) is 5.78 Å². The van der Waals surface area contributed by atoms with Crippen LogP contribution in [0.4, 0.5) is 0 Å². The Kier molecular flexibility index (Phi) is 7.71. The van der Waals surface area contributed by atoms with Gasteiger partial charge in [-0.3, -0.25) is 9.69 Å². The summed E-state index contributed by atoms with van der Waals surface area (Å²) in [5, 5.41) is 18.9. The average Bonchev–Trinajstić information content (AvgIpc) is 3.68. The van der Waals surface area contributed by atoms with Crippen LogP contribution in [0, 0.1) is 17.2 Å². The average molecular weight is 622 g/mol. The zero-order chi connectivity index (χ0) is 32.0. The summed E-state index contributed by atoms with van der Waals surface area (Å²) >= 11 is 0. The van der Waals surface area contributed by atoms with Crippen LogP contribution in [0.3, 0.4) is 0 Å². The zero-order valence-corrected chi connectivity index (χ0v) is 25.9. The number of Topliss-reactive ketones (excluding diaryl/α,β-unsaturated/α-hetero) is 1. The minimum atomic E-state index is -1.07. The maximum absolute atomic E-state index is 12.5. The second-order valence-corrected chi connectivity index (χ2v) is 12.5. The molecular weight excluding hydrogens is 586 g/mol. The highest BCUT2D eigenvalue weighted by molar-refractivity contribution is 6.08. The third-order valence-corrected chi connectivity index (χ3v) is 9.71. The molecule has 2 aromatic heterocycles. The third-order valence-electron chi connectivity index (χ3n) is 9.71. The maximum atomic E-state index is 12.5. The fourth-order valence-corrected chi connectivity index (χ4v) is 6.95. The largest absolute Gasteiger partial charge is 0.496 e. The van der Waals surface area contributed by atoms with Crippen LogP contribution in [0.25, 0.3) is 11.0 Å². The predicted molar refractivity (Wildman–Crippen MR) is 167 cm³/mol. The Bertz CT molecular complexity index is 1890. The normalized spacial score (nSPS) is 22.0. The van der Waals surface area contributed by atoms with Gasteiger partial charge in [0.05, 0.1) is 60.2 Å². The van der Waals surface area contributed by atoms with E-state index in [1.54, 1.807) is 25.3 Å². The SMILES string of the molecule is COc1cc(C#N)ccc1COc1cccc(C23CCN(Cc4nc5c(C(C)=O)cc(C(=O)O)cc5n4C[C@@H]4CCO4)CC2C3)n1. The maximum Gasteiger partial charge on any atom is 0.335 e. The van der Waals surface area contributed by atoms with E-state index < -0.39 is 5.97 Å². The number of nitriles is 1. The number of likely N-dealkylation sites (tertiary alicyclic amines) is 1. The molecule has 4 heterocycles. The summed E-state index contributed by atoms with van der Waals surface area (Å²) in [5.41, 5.74) is 4.05. The molecule has 1 aliphatic carbocycles. The number of imidazole rings is 1. The summed E-state index contributed by atoms with van der Waals surface area (Å²) in [7, 11) is 1.58. The summed E-state index contributed by atoms with van der Waals surface area (Å²) < 4.78 is 19.3.